The van der Waals surface area contributed by atoms with Crippen molar-refractivity contribution in [2.75, 3.05) is 26.2 Å². The van der Waals surface area contributed by atoms with Gasteiger partial charge in [0, 0.05) is 37.5 Å². The number of rotatable bonds is 3. The fraction of sp³-hybridized carbons (Fsp3) is 0.435. The molecule has 2 heterocycles. The van der Waals surface area contributed by atoms with Gasteiger partial charge in [0.2, 0.25) is 10.0 Å². The third-order valence-corrected chi connectivity index (χ3v) is 9.07. The van der Waals surface area contributed by atoms with Crippen LogP contribution in [0.25, 0.3) is 0 Å². The predicted molar refractivity (Wildman–Crippen MR) is 125 cm³/mol. The summed E-state index contributed by atoms with van der Waals surface area (Å²) < 4.78 is 35.0. The van der Waals surface area contributed by atoms with Crippen molar-refractivity contribution in [1.82, 2.24) is 9.21 Å². The van der Waals surface area contributed by atoms with E-state index in [9.17, 15) is 13.2 Å². The third-order valence-electron chi connectivity index (χ3n) is 6.27. The molecule has 2 aromatic rings. The molecule has 0 aromatic heterocycles. The van der Waals surface area contributed by atoms with Gasteiger partial charge in [-0.1, -0.05) is 40.9 Å². The molecular weight excluding hydrogens is 471 g/mol. The molecule has 0 radical (unpaired) electrons. The summed E-state index contributed by atoms with van der Waals surface area (Å²) in [6.07, 6.45) is 0.792. The second-order valence-corrected chi connectivity index (χ2v) is 11.2. The van der Waals surface area contributed by atoms with E-state index in [0.717, 1.165) is 16.7 Å². The standard InChI is InChI=1S/C23H26Cl2N2O4S/c1-15-12-16(2)21(17(3)13-15)32(29,30)27-10-11-31-23(27)6-8-26(9-7-23)22(28)19-5-4-18(24)14-20(19)25/h4-5,12-14H,6-11H2,1-3H3. The minimum atomic E-state index is -3.76. The molecule has 2 aliphatic rings. The number of carbonyl (C=O) groups is 1. The molecule has 172 valence electrons. The largest absolute Gasteiger partial charge is 0.358 e. The molecule has 2 aromatic carbocycles. The quantitative estimate of drug-likeness (QED) is 0.623. The van der Waals surface area contributed by atoms with Crippen molar-refractivity contribution in [3.8, 4) is 0 Å². The molecular formula is C23H26Cl2N2O4S. The summed E-state index contributed by atoms with van der Waals surface area (Å²) in [5.41, 5.74) is 1.93. The Morgan fingerprint density at radius 2 is 1.62 bits per heavy atom. The van der Waals surface area contributed by atoms with E-state index in [0.29, 0.717) is 59.6 Å². The molecule has 32 heavy (non-hydrogen) atoms. The number of carbonyl (C=O) groups excluding carboxylic acids is 1. The first kappa shape index (κ1) is 23.5. The lowest BCUT2D eigenvalue weighted by molar-refractivity contribution is -0.0857. The van der Waals surface area contributed by atoms with Gasteiger partial charge in [-0.05, 0) is 50.1 Å². The number of hydrogen-bond acceptors (Lipinski definition) is 4. The molecule has 2 saturated heterocycles. The minimum Gasteiger partial charge on any atom is -0.358 e. The fourth-order valence-electron chi connectivity index (χ4n) is 4.90. The molecule has 0 bridgehead atoms. The van der Waals surface area contributed by atoms with Crippen LogP contribution in [0.3, 0.4) is 0 Å². The number of likely N-dealkylation sites (tertiary alicyclic amines) is 1. The predicted octanol–water partition coefficient (Wildman–Crippen LogP) is 4.57. The van der Waals surface area contributed by atoms with Crippen LogP contribution in [0.15, 0.2) is 35.2 Å². The Balaban J connectivity index is 1.57. The molecule has 1 spiro atoms. The van der Waals surface area contributed by atoms with Crippen molar-refractivity contribution in [1.29, 1.82) is 0 Å². The number of hydrogen-bond donors (Lipinski definition) is 0. The Morgan fingerprint density at radius 1 is 1.00 bits per heavy atom. The summed E-state index contributed by atoms with van der Waals surface area (Å²) in [5, 5.41) is 0.764. The van der Waals surface area contributed by atoms with E-state index in [-0.39, 0.29) is 5.91 Å². The van der Waals surface area contributed by atoms with E-state index in [1.54, 1.807) is 23.1 Å². The fourth-order valence-corrected chi connectivity index (χ4v) is 7.53. The van der Waals surface area contributed by atoms with Crippen LogP contribution in [-0.4, -0.2) is 55.5 Å². The lowest BCUT2D eigenvalue weighted by atomic mass is 10.00. The van der Waals surface area contributed by atoms with Crippen LogP contribution in [0.1, 0.15) is 39.9 Å². The maximum atomic E-state index is 13.7. The lowest BCUT2D eigenvalue weighted by Crippen LogP contribution is -2.55. The first-order valence-corrected chi connectivity index (χ1v) is 12.7. The summed E-state index contributed by atoms with van der Waals surface area (Å²) in [7, 11) is -3.76. The number of sulfonamides is 1. The van der Waals surface area contributed by atoms with E-state index < -0.39 is 15.7 Å². The number of amides is 1. The average molecular weight is 497 g/mol. The highest BCUT2D eigenvalue weighted by atomic mass is 35.5. The summed E-state index contributed by atoms with van der Waals surface area (Å²) in [6.45, 7) is 6.98. The van der Waals surface area contributed by atoms with Crippen molar-refractivity contribution in [3.63, 3.8) is 0 Å². The number of aryl methyl sites for hydroxylation is 3. The van der Waals surface area contributed by atoms with Crippen LogP contribution >= 0.6 is 23.2 Å². The van der Waals surface area contributed by atoms with Gasteiger partial charge in [0.1, 0.15) is 5.72 Å². The maximum Gasteiger partial charge on any atom is 0.255 e. The number of piperidine rings is 1. The van der Waals surface area contributed by atoms with E-state index in [4.69, 9.17) is 27.9 Å². The Bertz CT molecular complexity index is 1150. The van der Waals surface area contributed by atoms with Crippen LogP contribution in [0.4, 0.5) is 0 Å². The highest BCUT2D eigenvalue weighted by Gasteiger charge is 2.51. The molecule has 9 heteroatoms. The highest BCUT2D eigenvalue weighted by molar-refractivity contribution is 7.89. The van der Waals surface area contributed by atoms with Crippen molar-refractivity contribution in [3.05, 3.63) is 62.6 Å². The zero-order valence-electron chi connectivity index (χ0n) is 18.3. The van der Waals surface area contributed by atoms with Gasteiger partial charge in [-0.15, -0.1) is 0 Å². The molecule has 0 atom stereocenters. The van der Waals surface area contributed by atoms with Gasteiger partial charge in [-0.3, -0.25) is 4.79 Å². The topological polar surface area (TPSA) is 66.9 Å². The van der Waals surface area contributed by atoms with E-state index in [1.807, 2.05) is 32.9 Å². The van der Waals surface area contributed by atoms with Gasteiger partial charge in [0.05, 0.1) is 22.1 Å². The van der Waals surface area contributed by atoms with Gasteiger partial charge in [-0.2, -0.15) is 4.31 Å². The molecule has 4 rings (SSSR count). The molecule has 2 fully saturated rings. The number of nitrogens with zero attached hydrogens (tertiary/aromatic N) is 2. The first-order valence-electron chi connectivity index (χ1n) is 10.5. The second-order valence-electron chi connectivity index (χ2n) is 8.52. The van der Waals surface area contributed by atoms with Gasteiger partial charge in [0.25, 0.3) is 5.91 Å². The Labute approximate surface area is 199 Å². The Morgan fingerprint density at radius 3 is 2.22 bits per heavy atom. The second kappa shape index (κ2) is 8.61. The molecule has 1 amide bonds. The molecule has 0 unspecified atom stereocenters. The zero-order valence-corrected chi connectivity index (χ0v) is 20.6. The van der Waals surface area contributed by atoms with Crippen molar-refractivity contribution < 1.29 is 17.9 Å². The SMILES string of the molecule is Cc1cc(C)c(S(=O)(=O)N2CCOC23CCN(C(=O)c2ccc(Cl)cc2Cl)CC3)c(C)c1. The van der Waals surface area contributed by atoms with Crippen molar-refractivity contribution in [2.45, 2.75) is 44.2 Å². The highest BCUT2D eigenvalue weighted by Crippen LogP contribution is 2.40. The summed E-state index contributed by atoms with van der Waals surface area (Å²) in [5.74, 6) is -0.195. The van der Waals surface area contributed by atoms with Gasteiger partial charge < -0.3 is 9.64 Å². The summed E-state index contributed by atoms with van der Waals surface area (Å²) in [6, 6.07) is 8.57. The van der Waals surface area contributed by atoms with Crippen LogP contribution in [0.5, 0.6) is 0 Å². The zero-order chi connectivity index (χ0) is 23.3. The van der Waals surface area contributed by atoms with Crippen molar-refractivity contribution >= 4 is 39.1 Å². The molecule has 2 aliphatic heterocycles. The normalized spacial score (nSPS) is 19.0. The smallest absolute Gasteiger partial charge is 0.255 e. The molecule has 0 saturated carbocycles. The van der Waals surface area contributed by atoms with Crippen LogP contribution in [0, 0.1) is 20.8 Å². The minimum absolute atomic E-state index is 0.195. The van der Waals surface area contributed by atoms with E-state index >= 15 is 0 Å². The summed E-state index contributed by atoms with van der Waals surface area (Å²) >= 11 is 12.2. The summed E-state index contributed by atoms with van der Waals surface area (Å²) in [4.78, 5) is 15.0. The van der Waals surface area contributed by atoms with Crippen LogP contribution in [0.2, 0.25) is 10.0 Å². The molecule has 6 nitrogen and oxygen atoms in total. The first-order chi connectivity index (χ1) is 15.0. The van der Waals surface area contributed by atoms with Gasteiger partial charge >= 0.3 is 0 Å². The van der Waals surface area contributed by atoms with E-state index in [1.165, 1.54) is 4.31 Å². The van der Waals surface area contributed by atoms with Crippen LogP contribution in [-0.2, 0) is 14.8 Å². The van der Waals surface area contributed by atoms with Gasteiger partial charge in [0.15, 0.2) is 0 Å². The number of benzene rings is 2. The monoisotopic (exact) mass is 496 g/mol. The number of halogens is 2. The Hall–Kier alpha value is -1.64. The number of ether oxygens (including phenoxy) is 1. The average Bonchev–Trinajstić information content (AvgIpc) is 3.11. The Kier molecular flexibility index (Phi) is 6.33. The van der Waals surface area contributed by atoms with E-state index in [2.05, 4.69) is 0 Å². The third kappa shape index (κ3) is 4.05. The maximum absolute atomic E-state index is 13.7. The van der Waals surface area contributed by atoms with Crippen LogP contribution < -0.4 is 0 Å². The molecule has 0 aliphatic carbocycles. The van der Waals surface area contributed by atoms with Crippen molar-refractivity contribution in [2.24, 2.45) is 0 Å². The van der Waals surface area contributed by atoms with Gasteiger partial charge in [-0.25, -0.2) is 8.42 Å². The lowest BCUT2D eigenvalue weighted by Gasteiger charge is -2.43. The molecule has 0 N–H and O–H groups in total.